The Bertz CT molecular complexity index is 992. The Labute approximate surface area is 162 Å². The highest BCUT2D eigenvalue weighted by Crippen LogP contribution is 2.27. The average Bonchev–Trinajstić information content (AvgIpc) is 2.62. The summed E-state index contributed by atoms with van der Waals surface area (Å²) in [5.74, 6) is 0.0456. The van der Waals surface area contributed by atoms with E-state index in [1.807, 2.05) is 38.1 Å². The fraction of sp³-hybridized carbons (Fsp3) is 0.190. The van der Waals surface area contributed by atoms with Crippen molar-refractivity contribution < 1.29 is 13.9 Å². The quantitative estimate of drug-likeness (QED) is 0.648. The molecule has 1 heterocycles. The van der Waals surface area contributed by atoms with Gasteiger partial charge in [0.2, 0.25) is 5.95 Å². The van der Waals surface area contributed by atoms with E-state index in [4.69, 9.17) is 4.74 Å². The predicted octanol–water partition coefficient (Wildman–Crippen LogP) is 4.71. The second kappa shape index (κ2) is 8.47. The molecule has 6 nitrogen and oxygen atoms in total. The summed E-state index contributed by atoms with van der Waals surface area (Å²) < 4.78 is 19.1. The molecule has 0 bridgehead atoms. The minimum Gasteiger partial charge on any atom is -0.489 e. The minimum absolute atomic E-state index is 0.00832. The lowest BCUT2D eigenvalue weighted by molar-refractivity contribution is 0.102. The smallest absolute Gasteiger partial charge is 0.274 e. The van der Waals surface area contributed by atoms with Crippen LogP contribution in [-0.4, -0.2) is 22.0 Å². The lowest BCUT2D eigenvalue weighted by Gasteiger charge is -2.15. The zero-order valence-corrected chi connectivity index (χ0v) is 15.9. The van der Waals surface area contributed by atoms with Crippen LogP contribution in [0.2, 0.25) is 0 Å². The molecule has 0 saturated heterocycles. The van der Waals surface area contributed by atoms with Crippen LogP contribution >= 0.6 is 0 Å². The van der Waals surface area contributed by atoms with Crippen molar-refractivity contribution in [1.29, 1.82) is 0 Å². The molecule has 3 aromatic rings. The number of nitrogens with one attached hydrogen (secondary N) is 2. The molecule has 1 aromatic heterocycles. The molecule has 2 N–H and O–H groups in total. The second-order valence-corrected chi connectivity index (χ2v) is 6.47. The standard InChI is InChI=1S/C21H21FN4O2/c1-13(2)28-19-10-5-4-9-17(19)25-21-23-14(3)11-18(26-21)20(27)24-16-8-6-7-15(22)12-16/h4-13H,1-3H3,(H,24,27)(H,23,25,26). The molecule has 7 heteroatoms. The number of aromatic nitrogens is 2. The van der Waals surface area contributed by atoms with Gasteiger partial charge in [-0.3, -0.25) is 4.79 Å². The average molecular weight is 380 g/mol. The Morgan fingerprint density at radius 3 is 2.61 bits per heavy atom. The third kappa shape index (κ3) is 5.03. The topological polar surface area (TPSA) is 76.1 Å². The van der Waals surface area contributed by atoms with Crippen LogP contribution in [0.4, 0.5) is 21.7 Å². The highest BCUT2D eigenvalue weighted by atomic mass is 19.1. The number of nitrogens with zero attached hydrogens (tertiary/aromatic N) is 2. The summed E-state index contributed by atoms with van der Waals surface area (Å²) in [6.45, 7) is 5.64. The normalized spacial score (nSPS) is 10.6. The third-order valence-electron chi connectivity index (χ3n) is 3.67. The zero-order valence-electron chi connectivity index (χ0n) is 15.9. The molecule has 0 aliphatic carbocycles. The first-order chi connectivity index (χ1) is 13.4. The Morgan fingerprint density at radius 2 is 1.86 bits per heavy atom. The number of ether oxygens (including phenoxy) is 1. The number of carbonyl (C=O) groups is 1. The van der Waals surface area contributed by atoms with Crippen LogP contribution in [0, 0.1) is 12.7 Å². The van der Waals surface area contributed by atoms with Gasteiger partial charge >= 0.3 is 0 Å². The fourth-order valence-electron chi connectivity index (χ4n) is 2.55. The van der Waals surface area contributed by atoms with E-state index in [0.717, 1.165) is 0 Å². The lowest BCUT2D eigenvalue weighted by atomic mass is 10.2. The minimum atomic E-state index is -0.453. The first-order valence-corrected chi connectivity index (χ1v) is 8.86. The highest BCUT2D eigenvalue weighted by molar-refractivity contribution is 6.03. The number of para-hydroxylation sites is 2. The number of halogens is 1. The molecule has 0 radical (unpaired) electrons. The molecule has 2 aromatic carbocycles. The Morgan fingerprint density at radius 1 is 1.07 bits per heavy atom. The van der Waals surface area contributed by atoms with Gasteiger partial charge in [-0.15, -0.1) is 0 Å². The van der Waals surface area contributed by atoms with Crippen LogP contribution in [0.15, 0.2) is 54.6 Å². The number of rotatable bonds is 6. The first kappa shape index (κ1) is 19.3. The largest absolute Gasteiger partial charge is 0.489 e. The summed E-state index contributed by atoms with van der Waals surface area (Å²) >= 11 is 0. The van der Waals surface area contributed by atoms with Crippen molar-refractivity contribution in [3.8, 4) is 5.75 Å². The SMILES string of the molecule is Cc1cc(C(=O)Nc2cccc(F)c2)nc(Nc2ccccc2OC(C)C)n1. The van der Waals surface area contributed by atoms with Crippen molar-refractivity contribution >= 4 is 23.2 Å². The summed E-state index contributed by atoms with van der Waals surface area (Å²) in [7, 11) is 0. The van der Waals surface area contributed by atoms with Crippen molar-refractivity contribution in [1.82, 2.24) is 9.97 Å². The van der Waals surface area contributed by atoms with E-state index >= 15 is 0 Å². The number of anilines is 3. The van der Waals surface area contributed by atoms with Crippen LogP contribution in [0.3, 0.4) is 0 Å². The number of hydrogen-bond acceptors (Lipinski definition) is 5. The molecule has 0 aliphatic heterocycles. The van der Waals surface area contributed by atoms with Gasteiger partial charge < -0.3 is 15.4 Å². The van der Waals surface area contributed by atoms with E-state index in [9.17, 15) is 9.18 Å². The molecule has 0 unspecified atom stereocenters. The lowest BCUT2D eigenvalue weighted by Crippen LogP contribution is -2.16. The number of amides is 1. The zero-order chi connectivity index (χ0) is 20.1. The molecule has 144 valence electrons. The predicted molar refractivity (Wildman–Crippen MR) is 107 cm³/mol. The number of aryl methyl sites for hydroxylation is 1. The van der Waals surface area contributed by atoms with Crippen molar-refractivity contribution in [2.24, 2.45) is 0 Å². The molecular weight excluding hydrogens is 359 g/mol. The molecule has 0 spiro atoms. The fourth-order valence-corrected chi connectivity index (χ4v) is 2.55. The molecule has 0 fully saturated rings. The van der Waals surface area contributed by atoms with E-state index in [1.165, 1.54) is 18.2 Å². The van der Waals surface area contributed by atoms with E-state index in [-0.39, 0.29) is 17.7 Å². The maximum atomic E-state index is 13.3. The van der Waals surface area contributed by atoms with Gasteiger partial charge in [0.25, 0.3) is 5.91 Å². The maximum Gasteiger partial charge on any atom is 0.274 e. The highest BCUT2D eigenvalue weighted by Gasteiger charge is 2.13. The van der Waals surface area contributed by atoms with Crippen LogP contribution in [0.25, 0.3) is 0 Å². The molecular formula is C21H21FN4O2. The second-order valence-electron chi connectivity index (χ2n) is 6.47. The van der Waals surface area contributed by atoms with Gasteiger partial charge in [0.1, 0.15) is 17.3 Å². The van der Waals surface area contributed by atoms with E-state index < -0.39 is 11.7 Å². The van der Waals surface area contributed by atoms with Gasteiger partial charge in [0.15, 0.2) is 0 Å². The Kier molecular flexibility index (Phi) is 5.84. The van der Waals surface area contributed by atoms with Gasteiger partial charge in [-0.05, 0) is 57.2 Å². The Balaban J connectivity index is 1.83. The molecule has 0 aliphatic rings. The van der Waals surface area contributed by atoms with Crippen molar-refractivity contribution in [3.05, 3.63) is 71.8 Å². The van der Waals surface area contributed by atoms with Gasteiger partial charge in [-0.25, -0.2) is 14.4 Å². The summed E-state index contributed by atoms with van der Waals surface area (Å²) in [6, 6.07) is 14.7. The van der Waals surface area contributed by atoms with E-state index in [1.54, 1.807) is 19.1 Å². The molecule has 1 amide bonds. The molecule has 0 saturated carbocycles. The molecule has 3 rings (SSSR count). The Hall–Kier alpha value is -3.48. The van der Waals surface area contributed by atoms with Crippen LogP contribution in [0.5, 0.6) is 5.75 Å². The number of hydrogen-bond donors (Lipinski definition) is 2. The van der Waals surface area contributed by atoms with Gasteiger partial charge in [0.05, 0.1) is 11.8 Å². The van der Waals surface area contributed by atoms with Crippen molar-refractivity contribution in [2.45, 2.75) is 26.9 Å². The summed E-state index contributed by atoms with van der Waals surface area (Å²) in [5.41, 5.74) is 1.83. The van der Waals surface area contributed by atoms with Gasteiger partial charge in [0, 0.05) is 11.4 Å². The van der Waals surface area contributed by atoms with E-state index in [2.05, 4.69) is 20.6 Å². The first-order valence-electron chi connectivity index (χ1n) is 8.86. The number of carbonyl (C=O) groups excluding carboxylic acids is 1. The summed E-state index contributed by atoms with van der Waals surface area (Å²) in [6.07, 6.45) is 0.00832. The van der Waals surface area contributed by atoms with Crippen LogP contribution in [0.1, 0.15) is 30.0 Å². The van der Waals surface area contributed by atoms with E-state index in [0.29, 0.717) is 22.8 Å². The molecule has 28 heavy (non-hydrogen) atoms. The summed E-state index contributed by atoms with van der Waals surface area (Å²) in [4.78, 5) is 21.1. The third-order valence-corrected chi connectivity index (χ3v) is 3.67. The monoisotopic (exact) mass is 380 g/mol. The maximum absolute atomic E-state index is 13.3. The van der Waals surface area contributed by atoms with Crippen LogP contribution < -0.4 is 15.4 Å². The van der Waals surface area contributed by atoms with Crippen molar-refractivity contribution in [3.63, 3.8) is 0 Å². The van der Waals surface area contributed by atoms with Gasteiger partial charge in [-0.1, -0.05) is 18.2 Å². The van der Waals surface area contributed by atoms with Crippen molar-refractivity contribution in [2.75, 3.05) is 10.6 Å². The van der Waals surface area contributed by atoms with Gasteiger partial charge in [-0.2, -0.15) is 0 Å². The number of benzene rings is 2. The molecule has 0 atom stereocenters. The van der Waals surface area contributed by atoms with Crippen LogP contribution in [-0.2, 0) is 0 Å². The summed E-state index contributed by atoms with van der Waals surface area (Å²) in [5, 5.41) is 5.73.